The summed E-state index contributed by atoms with van der Waals surface area (Å²) in [7, 11) is 0. The van der Waals surface area contributed by atoms with E-state index in [1.165, 1.54) is 0 Å². The zero-order chi connectivity index (χ0) is 14.3. The molecule has 0 unspecified atom stereocenters. The molecule has 0 saturated carbocycles. The number of para-hydroxylation sites is 1. The molecule has 1 saturated heterocycles. The minimum absolute atomic E-state index is 0.0711. The zero-order valence-corrected chi connectivity index (χ0v) is 12.1. The SMILES string of the molecule is CCOC(=O)C1(CCOc2ccccc2)CCNCC1. The predicted octanol–water partition coefficient (Wildman–Crippen LogP) is 2.39. The first kappa shape index (κ1) is 14.9. The fraction of sp³-hybridized carbons (Fsp3) is 0.562. The van der Waals surface area contributed by atoms with Gasteiger partial charge in [0.2, 0.25) is 0 Å². The fourth-order valence-corrected chi connectivity index (χ4v) is 2.63. The number of benzene rings is 1. The number of carbonyl (C=O) groups is 1. The third-order valence-electron chi connectivity index (χ3n) is 3.86. The topological polar surface area (TPSA) is 47.6 Å². The van der Waals surface area contributed by atoms with Crippen molar-refractivity contribution in [2.75, 3.05) is 26.3 Å². The highest BCUT2D eigenvalue weighted by Gasteiger charge is 2.40. The Bertz CT molecular complexity index is 413. The molecule has 0 aromatic heterocycles. The molecule has 1 fully saturated rings. The minimum Gasteiger partial charge on any atom is -0.494 e. The second kappa shape index (κ2) is 7.29. The van der Waals surface area contributed by atoms with Gasteiger partial charge in [-0.3, -0.25) is 4.79 Å². The van der Waals surface area contributed by atoms with Crippen molar-refractivity contribution in [1.29, 1.82) is 0 Å². The van der Waals surface area contributed by atoms with Gasteiger partial charge in [-0.05, 0) is 51.4 Å². The summed E-state index contributed by atoms with van der Waals surface area (Å²) in [6, 6.07) is 9.71. The Morgan fingerprint density at radius 3 is 2.60 bits per heavy atom. The highest BCUT2D eigenvalue weighted by Crippen LogP contribution is 2.34. The van der Waals surface area contributed by atoms with Crippen molar-refractivity contribution in [3.63, 3.8) is 0 Å². The maximum atomic E-state index is 12.3. The number of esters is 1. The van der Waals surface area contributed by atoms with Crippen molar-refractivity contribution in [2.24, 2.45) is 5.41 Å². The van der Waals surface area contributed by atoms with Crippen molar-refractivity contribution in [2.45, 2.75) is 26.2 Å². The number of hydrogen-bond donors (Lipinski definition) is 1. The molecule has 1 N–H and O–H groups in total. The van der Waals surface area contributed by atoms with Gasteiger partial charge in [-0.15, -0.1) is 0 Å². The molecule has 20 heavy (non-hydrogen) atoms. The number of carbonyl (C=O) groups excluding carboxylic acids is 1. The molecule has 1 heterocycles. The van der Waals surface area contributed by atoms with Crippen molar-refractivity contribution < 1.29 is 14.3 Å². The predicted molar refractivity (Wildman–Crippen MR) is 77.7 cm³/mol. The Labute approximate surface area is 120 Å². The Kier molecular flexibility index (Phi) is 5.41. The van der Waals surface area contributed by atoms with E-state index in [2.05, 4.69) is 5.32 Å². The third kappa shape index (κ3) is 3.73. The van der Waals surface area contributed by atoms with E-state index in [0.717, 1.165) is 31.7 Å². The monoisotopic (exact) mass is 277 g/mol. The first-order chi connectivity index (χ1) is 9.77. The van der Waals surface area contributed by atoms with Gasteiger partial charge in [0.05, 0.1) is 18.6 Å². The van der Waals surface area contributed by atoms with E-state index in [0.29, 0.717) is 19.6 Å². The van der Waals surface area contributed by atoms with Crippen LogP contribution in [-0.4, -0.2) is 32.3 Å². The van der Waals surface area contributed by atoms with Gasteiger partial charge in [0.25, 0.3) is 0 Å². The van der Waals surface area contributed by atoms with Gasteiger partial charge in [-0.25, -0.2) is 0 Å². The Morgan fingerprint density at radius 1 is 1.25 bits per heavy atom. The van der Waals surface area contributed by atoms with E-state index in [-0.39, 0.29) is 11.4 Å². The lowest BCUT2D eigenvalue weighted by Crippen LogP contribution is -2.44. The van der Waals surface area contributed by atoms with Crippen LogP contribution in [0.4, 0.5) is 0 Å². The normalized spacial score (nSPS) is 17.4. The second-order valence-electron chi connectivity index (χ2n) is 5.16. The average Bonchev–Trinajstić information content (AvgIpc) is 2.49. The summed E-state index contributed by atoms with van der Waals surface area (Å²) in [4.78, 5) is 12.3. The van der Waals surface area contributed by atoms with E-state index < -0.39 is 0 Å². The van der Waals surface area contributed by atoms with Crippen LogP contribution in [0.5, 0.6) is 5.75 Å². The number of piperidine rings is 1. The molecule has 0 bridgehead atoms. The Morgan fingerprint density at radius 2 is 1.95 bits per heavy atom. The summed E-state index contributed by atoms with van der Waals surface area (Å²) < 4.78 is 11.0. The smallest absolute Gasteiger partial charge is 0.312 e. The molecular weight excluding hydrogens is 254 g/mol. The first-order valence-electron chi connectivity index (χ1n) is 7.33. The van der Waals surface area contributed by atoms with E-state index in [1.54, 1.807) is 0 Å². The molecule has 0 aliphatic carbocycles. The summed E-state index contributed by atoms with van der Waals surface area (Å²) in [5, 5.41) is 3.30. The number of hydrogen-bond acceptors (Lipinski definition) is 4. The second-order valence-corrected chi connectivity index (χ2v) is 5.16. The van der Waals surface area contributed by atoms with E-state index in [1.807, 2.05) is 37.3 Å². The van der Waals surface area contributed by atoms with Crippen LogP contribution in [0.25, 0.3) is 0 Å². The van der Waals surface area contributed by atoms with Crippen LogP contribution in [0.3, 0.4) is 0 Å². The summed E-state index contributed by atoms with van der Waals surface area (Å²) in [6.45, 7) is 4.57. The molecule has 1 aliphatic heterocycles. The molecular formula is C16H23NO3. The molecule has 0 radical (unpaired) electrons. The maximum absolute atomic E-state index is 12.3. The van der Waals surface area contributed by atoms with Gasteiger partial charge in [0, 0.05) is 0 Å². The number of ether oxygens (including phenoxy) is 2. The molecule has 110 valence electrons. The fourth-order valence-electron chi connectivity index (χ4n) is 2.63. The van der Waals surface area contributed by atoms with Crippen LogP contribution in [-0.2, 0) is 9.53 Å². The van der Waals surface area contributed by atoms with Crippen LogP contribution in [0.1, 0.15) is 26.2 Å². The highest BCUT2D eigenvalue weighted by atomic mass is 16.5. The molecule has 0 spiro atoms. The van der Waals surface area contributed by atoms with Gasteiger partial charge >= 0.3 is 5.97 Å². The largest absolute Gasteiger partial charge is 0.494 e. The summed E-state index contributed by atoms with van der Waals surface area (Å²) >= 11 is 0. The van der Waals surface area contributed by atoms with Gasteiger partial charge in [-0.2, -0.15) is 0 Å². The summed E-state index contributed by atoms with van der Waals surface area (Å²) in [6.07, 6.45) is 2.36. The molecule has 0 amide bonds. The molecule has 4 heteroatoms. The summed E-state index contributed by atoms with van der Waals surface area (Å²) in [5.74, 6) is 0.776. The number of nitrogens with one attached hydrogen (secondary N) is 1. The van der Waals surface area contributed by atoms with Crippen molar-refractivity contribution >= 4 is 5.97 Å². The molecule has 2 rings (SSSR count). The molecule has 1 aromatic carbocycles. The van der Waals surface area contributed by atoms with E-state index >= 15 is 0 Å². The van der Waals surface area contributed by atoms with Gasteiger partial charge in [0.15, 0.2) is 0 Å². The molecule has 1 aromatic rings. The Balaban J connectivity index is 1.92. The van der Waals surface area contributed by atoms with Crippen LogP contribution in [0.2, 0.25) is 0 Å². The lowest BCUT2D eigenvalue weighted by Gasteiger charge is -2.35. The standard InChI is InChI=1S/C16H23NO3/c1-2-19-15(18)16(8-11-17-12-9-16)10-13-20-14-6-4-3-5-7-14/h3-7,17H,2,8-13H2,1H3. The zero-order valence-electron chi connectivity index (χ0n) is 12.1. The minimum atomic E-state index is -0.379. The number of rotatable bonds is 6. The van der Waals surface area contributed by atoms with E-state index in [9.17, 15) is 4.79 Å². The average molecular weight is 277 g/mol. The summed E-state index contributed by atoms with van der Waals surface area (Å²) in [5.41, 5.74) is -0.379. The van der Waals surface area contributed by atoms with E-state index in [4.69, 9.17) is 9.47 Å². The first-order valence-corrected chi connectivity index (χ1v) is 7.33. The van der Waals surface area contributed by atoms with Crippen molar-refractivity contribution in [3.8, 4) is 5.75 Å². The lowest BCUT2D eigenvalue weighted by molar-refractivity contribution is -0.158. The van der Waals surface area contributed by atoms with Crippen LogP contribution < -0.4 is 10.1 Å². The van der Waals surface area contributed by atoms with Crippen LogP contribution in [0.15, 0.2) is 30.3 Å². The van der Waals surface area contributed by atoms with Crippen molar-refractivity contribution in [1.82, 2.24) is 5.32 Å². The molecule has 0 atom stereocenters. The van der Waals surface area contributed by atoms with Gasteiger partial charge in [-0.1, -0.05) is 18.2 Å². The highest BCUT2D eigenvalue weighted by molar-refractivity contribution is 5.77. The third-order valence-corrected chi connectivity index (χ3v) is 3.86. The van der Waals surface area contributed by atoms with Crippen molar-refractivity contribution in [3.05, 3.63) is 30.3 Å². The van der Waals surface area contributed by atoms with Gasteiger partial charge < -0.3 is 14.8 Å². The lowest BCUT2D eigenvalue weighted by atomic mass is 9.76. The quantitative estimate of drug-likeness (QED) is 0.811. The molecule has 1 aliphatic rings. The van der Waals surface area contributed by atoms with Crippen LogP contribution >= 0.6 is 0 Å². The maximum Gasteiger partial charge on any atom is 0.312 e. The Hall–Kier alpha value is -1.55. The van der Waals surface area contributed by atoms with Gasteiger partial charge in [0.1, 0.15) is 5.75 Å². The van der Waals surface area contributed by atoms with Crippen LogP contribution in [0, 0.1) is 5.41 Å². The molecule has 4 nitrogen and oxygen atoms in total.